The van der Waals surface area contributed by atoms with E-state index in [0.29, 0.717) is 64.8 Å². The lowest BCUT2D eigenvalue weighted by molar-refractivity contribution is -0.468. The van der Waals surface area contributed by atoms with Crippen LogP contribution in [0.5, 0.6) is 0 Å². The summed E-state index contributed by atoms with van der Waals surface area (Å²) < 4.78 is 10.5. The van der Waals surface area contributed by atoms with Crippen LogP contribution in [-0.4, -0.2) is 88.0 Å². The van der Waals surface area contributed by atoms with Crippen molar-refractivity contribution in [2.75, 3.05) is 26.6 Å². The molecule has 170 valence electrons. The SMILES string of the molecule is O=C(CCCOCOCCCCOON1C(O)CCC1O)ON1C(O)CCC1O. The topological polar surface area (TPSA) is 151 Å². The molecule has 0 radical (unpaired) electrons. The van der Waals surface area contributed by atoms with Gasteiger partial charge in [-0.15, -0.1) is 4.99 Å². The Hall–Kier alpha value is -0.930. The van der Waals surface area contributed by atoms with Crippen LogP contribution in [0.2, 0.25) is 0 Å². The first kappa shape index (κ1) is 24.3. The predicted molar refractivity (Wildman–Crippen MR) is 94.5 cm³/mol. The average Bonchev–Trinajstić information content (AvgIpc) is 3.18. The Morgan fingerprint density at radius 3 is 1.90 bits per heavy atom. The van der Waals surface area contributed by atoms with Crippen LogP contribution in [0.1, 0.15) is 51.4 Å². The zero-order chi connectivity index (χ0) is 21.1. The quantitative estimate of drug-likeness (QED) is 0.121. The molecule has 29 heavy (non-hydrogen) atoms. The van der Waals surface area contributed by atoms with Gasteiger partial charge in [0, 0.05) is 19.6 Å². The minimum Gasteiger partial charge on any atom is -0.376 e. The van der Waals surface area contributed by atoms with E-state index in [0.717, 1.165) is 10.1 Å². The molecule has 12 nitrogen and oxygen atoms in total. The summed E-state index contributed by atoms with van der Waals surface area (Å²) in [6.07, 6.45) is -0.133. The van der Waals surface area contributed by atoms with E-state index in [1.165, 1.54) is 0 Å². The molecule has 2 aliphatic rings. The highest BCUT2D eigenvalue weighted by Gasteiger charge is 2.34. The molecule has 12 heteroatoms. The van der Waals surface area contributed by atoms with Crippen molar-refractivity contribution in [3.63, 3.8) is 0 Å². The number of ether oxygens (including phenoxy) is 2. The van der Waals surface area contributed by atoms with E-state index in [2.05, 4.69) is 0 Å². The van der Waals surface area contributed by atoms with Crippen molar-refractivity contribution in [3.8, 4) is 0 Å². The number of hydrogen-bond donors (Lipinski definition) is 4. The number of nitrogens with zero attached hydrogens (tertiary/aromatic N) is 2. The molecule has 2 fully saturated rings. The summed E-state index contributed by atoms with van der Waals surface area (Å²) in [6, 6.07) is 0. The summed E-state index contributed by atoms with van der Waals surface area (Å²) in [4.78, 5) is 26.4. The Kier molecular flexibility index (Phi) is 11.2. The van der Waals surface area contributed by atoms with Crippen LogP contribution in [0.25, 0.3) is 0 Å². The van der Waals surface area contributed by atoms with E-state index in [1.807, 2.05) is 0 Å². The standard InChI is InChI=1S/C17H32N2O10/c20-13-5-6-14(21)18(13)28-17(24)4-3-10-26-12-25-9-1-2-11-27-29-19-15(22)7-8-16(19)23/h13-16,20-23H,1-12H2. The van der Waals surface area contributed by atoms with Gasteiger partial charge in [0.15, 0.2) is 0 Å². The van der Waals surface area contributed by atoms with Crippen LogP contribution >= 0.6 is 0 Å². The van der Waals surface area contributed by atoms with Crippen LogP contribution in [0.3, 0.4) is 0 Å². The van der Waals surface area contributed by atoms with E-state index < -0.39 is 30.9 Å². The molecule has 0 saturated carbocycles. The lowest BCUT2D eigenvalue weighted by Gasteiger charge is -2.21. The number of carbonyl (C=O) groups excluding carboxylic acids is 1. The predicted octanol–water partition coefficient (Wildman–Crippen LogP) is -0.676. The highest BCUT2D eigenvalue weighted by atomic mass is 17.3. The summed E-state index contributed by atoms with van der Waals surface area (Å²) >= 11 is 0. The minimum absolute atomic E-state index is 0.0993. The third-order valence-corrected chi connectivity index (χ3v) is 4.49. The zero-order valence-electron chi connectivity index (χ0n) is 16.4. The van der Waals surface area contributed by atoms with Gasteiger partial charge in [0.05, 0.1) is 6.61 Å². The smallest absolute Gasteiger partial charge is 0.325 e. The van der Waals surface area contributed by atoms with Gasteiger partial charge in [0.25, 0.3) is 0 Å². The second-order valence-corrected chi connectivity index (χ2v) is 6.90. The highest BCUT2D eigenvalue weighted by Crippen LogP contribution is 2.21. The first-order chi connectivity index (χ1) is 14.0. The number of carbonyl (C=O) groups is 1. The first-order valence-electron chi connectivity index (χ1n) is 9.94. The van der Waals surface area contributed by atoms with Crippen LogP contribution in [0.15, 0.2) is 0 Å². The molecule has 0 aliphatic carbocycles. The molecule has 4 N–H and O–H groups in total. The van der Waals surface area contributed by atoms with Crippen LogP contribution in [-0.2, 0) is 29.0 Å². The third kappa shape index (κ3) is 8.76. The molecule has 4 atom stereocenters. The maximum atomic E-state index is 11.6. The molecule has 2 saturated heterocycles. The summed E-state index contributed by atoms with van der Waals surface area (Å²) in [5.41, 5.74) is 0. The van der Waals surface area contributed by atoms with E-state index >= 15 is 0 Å². The van der Waals surface area contributed by atoms with Crippen molar-refractivity contribution in [1.29, 1.82) is 0 Å². The van der Waals surface area contributed by atoms with Gasteiger partial charge in [-0.3, -0.25) is 4.79 Å². The lowest BCUT2D eigenvalue weighted by atomic mass is 10.3. The molecule has 0 aromatic carbocycles. The van der Waals surface area contributed by atoms with Crippen molar-refractivity contribution < 1.29 is 49.4 Å². The second-order valence-electron chi connectivity index (χ2n) is 6.90. The Morgan fingerprint density at radius 2 is 1.28 bits per heavy atom. The number of aliphatic hydroxyl groups is 4. The molecule has 2 rings (SSSR count). The minimum atomic E-state index is -0.964. The highest BCUT2D eigenvalue weighted by molar-refractivity contribution is 5.68. The van der Waals surface area contributed by atoms with Crippen molar-refractivity contribution in [2.24, 2.45) is 0 Å². The Morgan fingerprint density at radius 1 is 0.759 bits per heavy atom. The zero-order valence-corrected chi connectivity index (χ0v) is 16.4. The normalized spacial score (nSPS) is 28.3. The maximum Gasteiger partial charge on any atom is 0.325 e. The van der Waals surface area contributed by atoms with Gasteiger partial charge < -0.3 is 34.7 Å². The summed E-state index contributed by atoms with van der Waals surface area (Å²) in [5.74, 6) is -0.536. The van der Waals surface area contributed by atoms with Crippen molar-refractivity contribution in [3.05, 3.63) is 0 Å². The number of hydroxylamine groups is 4. The number of aliphatic hydroxyl groups excluding tert-OH is 4. The molecule has 0 amide bonds. The van der Waals surface area contributed by atoms with E-state index in [9.17, 15) is 25.2 Å². The third-order valence-electron chi connectivity index (χ3n) is 4.49. The van der Waals surface area contributed by atoms with Gasteiger partial charge in [0.1, 0.15) is 31.7 Å². The largest absolute Gasteiger partial charge is 0.376 e. The molecular formula is C17H32N2O10. The fraction of sp³-hybridized carbons (Fsp3) is 0.941. The number of unbranched alkanes of at least 4 members (excludes halogenated alkanes) is 1. The fourth-order valence-electron chi connectivity index (χ4n) is 2.85. The number of rotatable bonds is 14. The molecule has 2 heterocycles. The molecule has 2 aliphatic heterocycles. The average molecular weight is 424 g/mol. The maximum absolute atomic E-state index is 11.6. The lowest BCUT2D eigenvalue weighted by Crippen LogP contribution is -2.37. The Balaban J connectivity index is 1.33. The van der Waals surface area contributed by atoms with Gasteiger partial charge in [0.2, 0.25) is 0 Å². The molecule has 0 aromatic heterocycles. The van der Waals surface area contributed by atoms with Crippen LogP contribution < -0.4 is 0 Å². The fourth-order valence-corrected chi connectivity index (χ4v) is 2.85. The Bertz CT molecular complexity index is 451. The first-order valence-corrected chi connectivity index (χ1v) is 9.94. The van der Waals surface area contributed by atoms with E-state index in [-0.39, 0.29) is 13.2 Å². The summed E-state index contributed by atoms with van der Waals surface area (Å²) in [5, 5.41) is 40.1. The van der Waals surface area contributed by atoms with Crippen molar-refractivity contribution >= 4 is 5.97 Å². The molecule has 4 unspecified atom stereocenters. The second kappa shape index (κ2) is 13.4. The summed E-state index contributed by atoms with van der Waals surface area (Å²) in [6.45, 7) is 1.17. The molecule has 0 aromatic rings. The molecule has 0 spiro atoms. The van der Waals surface area contributed by atoms with E-state index in [4.69, 9.17) is 24.2 Å². The van der Waals surface area contributed by atoms with Crippen LogP contribution in [0, 0.1) is 0 Å². The van der Waals surface area contributed by atoms with Crippen molar-refractivity contribution in [2.45, 2.75) is 76.3 Å². The van der Waals surface area contributed by atoms with Gasteiger partial charge >= 0.3 is 5.97 Å². The van der Waals surface area contributed by atoms with E-state index in [1.54, 1.807) is 0 Å². The van der Waals surface area contributed by atoms with Gasteiger partial charge in [-0.2, -0.15) is 0 Å². The van der Waals surface area contributed by atoms with Gasteiger partial charge in [-0.25, -0.2) is 4.89 Å². The molecular weight excluding hydrogens is 392 g/mol. The monoisotopic (exact) mass is 424 g/mol. The number of hydrogen-bond acceptors (Lipinski definition) is 12. The molecule has 0 bridgehead atoms. The van der Waals surface area contributed by atoms with Crippen LogP contribution in [0.4, 0.5) is 0 Å². The van der Waals surface area contributed by atoms with Gasteiger partial charge in [-0.05, 0) is 44.9 Å². The van der Waals surface area contributed by atoms with Crippen molar-refractivity contribution in [1.82, 2.24) is 10.1 Å². The summed E-state index contributed by atoms with van der Waals surface area (Å²) in [7, 11) is 0. The van der Waals surface area contributed by atoms with Gasteiger partial charge in [-0.1, -0.05) is 10.1 Å². The Labute approximate surface area is 169 Å².